The molecule has 0 unspecified atom stereocenters. The van der Waals surface area contributed by atoms with Gasteiger partial charge in [-0.15, -0.1) is 0 Å². The number of fused-ring (bicyclic) bond motifs is 3. The van der Waals surface area contributed by atoms with Crippen LogP contribution in [0.1, 0.15) is 37.8 Å². The van der Waals surface area contributed by atoms with E-state index in [0.29, 0.717) is 17.7 Å². The molecule has 0 bridgehead atoms. The number of esters is 1. The van der Waals surface area contributed by atoms with Crippen molar-refractivity contribution in [3.63, 3.8) is 0 Å². The highest BCUT2D eigenvalue weighted by Gasteiger charge is 2.60. The molecule has 134 valence electrons. The summed E-state index contributed by atoms with van der Waals surface area (Å²) in [7, 11) is -0.544. The third-order valence-corrected chi connectivity index (χ3v) is 6.00. The lowest BCUT2D eigenvalue weighted by molar-refractivity contribution is -0.157. The van der Waals surface area contributed by atoms with Gasteiger partial charge in [-0.05, 0) is 63.0 Å². The van der Waals surface area contributed by atoms with Crippen molar-refractivity contribution in [2.75, 3.05) is 31.1 Å². The van der Waals surface area contributed by atoms with Crippen molar-refractivity contribution < 1.29 is 14.3 Å². The van der Waals surface area contributed by atoms with Crippen molar-refractivity contribution in [1.29, 1.82) is 0 Å². The lowest BCUT2D eigenvalue weighted by Crippen LogP contribution is -2.26. The molecular formula is C19H29NO3S. The fraction of sp³-hybridized carbons (Fsp3) is 0.684. The molecule has 3 rings (SSSR count). The van der Waals surface area contributed by atoms with Crippen molar-refractivity contribution in [1.82, 2.24) is 4.98 Å². The fourth-order valence-corrected chi connectivity index (χ4v) is 4.02. The summed E-state index contributed by atoms with van der Waals surface area (Å²) in [5.41, 5.74) is 2.09. The number of rotatable bonds is 5. The molecule has 2 aliphatic rings. The van der Waals surface area contributed by atoms with Gasteiger partial charge in [-0.3, -0.25) is 4.79 Å². The molecule has 1 heterocycles. The van der Waals surface area contributed by atoms with E-state index < -0.39 is 15.6 Å². The van der Waals surface area contributed by atoms with Crippen LogP contribution in [0, 0.1) is 11.8 Å². The highest BCUT2D eigenvalue weighted by Crippen LogP contribution is 2.62. The number of carbonyl (C=O) groups is 1. The highest BCUT2D eigenvalue weighted by molar-refractivity contribution is 8.32. The quantitative estimate of drug-likeness (QED) is 0.763. The monoisotopic (exact) mass is 351 g/mol. The molecule has 0 radical (unpaired) electrons. The van der Waals surface area contributed by atoms with Crippen LogP contribution in [0.15, 0.2) is 12.3 Å². The van der Waals surface area contributed by atoms with E-state index in [-0.39, 0.29) is 11.9 Å². The van der Waals surface area contributed by atoms with Crippen molar-refractivity contribution in [2.45, 2.75) is 38.7 Å². The van der Waals surface area contributed by atoms with E-state index in [2.05, 4.69) is 29.8 Å². The average Bonchev–Trinajstić information content (AvgIpc) is 2.99. The van der Waals surface area contributed by atoms with Crippen LogP contribution in [0.3, 0.4) is 0 Å². The molecule has 3 atom stereocenters. The predicted molar refractivity (Wildman–Crippen MR) is 99.2 cm³/mol. The predicted octanol–water partition coefficient (Wildman–Crippen LogP) is 3.38. The van der Waals surface area contributed by atoms with E-state index in [9.17, 15) is 4.79 Å². The Labute approximate surface area is 146 Å². The van der Waals surface area contributed by atoms with Gasteiger partial charge in [0.15, 0.2) is 0 Å². The maximum atomic E-state index is 12.3. The number of ether oxygens (including phenoxy) is 2. The maximum Gasteiger partial charge on any atom is 0.310 e. The van der Waals surface area contributed by atoms with Crippen molar-refractivity contribution in [2.24, 2.45) is 11.8 Å². The molecule has 24 heavy (non-hydrogen) atoms. The first kappa shape index (κ1) is 17.6. The summed E-state index contributed by atoms with van der Waals surface area (Å²) in [6.07, 6.45) is 9.71. The molecule has 0 spiro atoms. The van der Waals surface area contributed by atoms with Gasteiger partial charge in [0.05, 0.1) is 12.5 Å². The van der Waals surface area contributed by atoms with E-state index in [4.69, 9.17) is 9.47 Å². The molecule has 1 aromatic rings. The highest BCUT2D eigenvalue weighted by atomic mass is 32.3. The minimum absolute atomic E-state index is 0.0229. The summed E-state index contributed by atoms with van der Waals surface area (Å²) < 4.78 is 11.4. The second-order valence-corrected chi connectivity index (χ2v) is 13.4. The zero-order valence-corrected chi connectivity index (χ0v) is 16.4. The normalized spacial score (nSPS) is 25.7. The number of aromatic nitrogens is 1. The lowest BCUT2D eigenvalue weighted by Gasteiger charge is -2.24. The summed E-state index contributed by atoms with van der Waals surface area (Å²) >= 11 is 0. The molecule has 2 aliphatic carbocycles. The molecule has 0 saturated heterocycles. The van der Waals surface area contributed by atoms with Crippen LogP contribution in [-0.4, -0.2) is 47.7 Å². The van der Waals surface area contributed by atoms with Gasteiger partial charge < -0.3 is 9.47 Å². The lowest BCUT2D eigenvalue weighted by atomic mass is 10.0. The summed E-state index contributed by atoms with van der Waals surface area (Å²) in [5.74, 6) is 2.46. The number of hydrogen-bond acceptors (Lipinski definition) is 4. The Morgan fingerprint density at radius 2 is 2.04 bits per heavy atom. The van der Waals surface area contributed by atoms with Crippen LogP contribution in [0.25, 0.3) is 0 Å². The molecular weight excluding hydrogens is 322 g/mol. The van der Waals surface area contributed by atoms with Gasteiger partial charge in [-0.1, -0.05) is 0 Å². The van der Waals surface area contributed by atoms with Crippen molar-refractivity contribution in [3.05, 3.63) is 23.4 Å². The van der Waals surface area contributed by atoms with Gasteiger partial charge in [0, 0.05) is 23.9 Å². The van der Waals surface area contributed by atoms with Crippen molar-refractivity contribution in [3.8, 4) is 5.88 Å². The first-order valence-electron chi connectivity index (χ1n) is 8.56. The number of pyridine rings is 1. The Balaban J connectivity index is 1.60. The van der Waals surface area contributed by atoms with Crippen molar-refractivity contribution >= 4 is 16.0 Å². The van der Waals surface area contributed by atoms with Gasteiger partial charge >= 0.3 is 5.97 Å². The van der Waals surface area contributed by atoms with E-state index in [1.165, 1.54) is 11.1 Å². The van der Waals surface area contributed by atoms with Crippen LogP contribution in [0.5, 0.6) is 5.88 Å². The third-order valence-electron chi connectivity index (χ3n) is 4.61. The summed E-state index contributed by atoms with van der Waals surface area (Å²) in [4.78, 5) is 16.7. The number of nitrogens with zero attached hydrogens (tertiary/aromatic N) is 1. The molecule has 1 aromatic heterocycles. The van der Waals surface area contributed by atoms with E-state index in [0.717, 1.165) is 18.8 Å². The van der Waals surface area contributed by atoms with Crippen LogP contribution in [0.2, 0.25) is 0 Å². The second kappa shape index (κ2) is 5.94. The minimum atomic E-state index is -0.544. The van der Waals surface area contributed by atoms with E-state index in [1.807, 2.05) is 27.0 Å². The second-order valence-electron chi connectivity index (χ2n) is 8.82. The Morgan fingerprint density at radius 1 is 1.33 bits per heavy atom. The molecule has 4 nitrogen and oxygen atoms in total. The molecule has 0 aromatic carbocycles. The average molecular weight is 352 g/mol. The molecule has 5 heteroatoms. The Hall–Kier alpha value is -1.23. The van der Waals surface area contributed by atoms with Crippen LogP contribution in [0.4, 0.5) is 0 Å². The number of carbonyl (C=O) groups excluding carboxylic acids is 1. The van der Waals surface area contributed by atoms with Crippen LogP contribution >= 0.6 is 10.0 Å². The molecule has 0 amide bonds. The topological polar surface area (TPSA) is 48.4 Å². The first-order chi connectivity index (χ1) is 11.1. The van der Waals surface area contributed by atoms with Gasteiger partial charge in [0.2, 0.25) is 5.88 Å². The molecule has 0 aliphatic heterocycles. The third kappa shape index (κ3) is 3.88. The van der Waals surface area contributed by atoms with E-state index >= 15 is 0 Å². The fourth-order valence-electron chi connectivity index (χ4n) is 3.43. The largest absolute Gasteiger partial charge is 0.477 e. The minimum Gasteiger partial charge on any atom is -0.477 e. The maximum absolute atomic E-state index is 12.3. The van der Waals surface area contributed by atoms with Gasteiger partial charge in [-0.2, -0.15) is 0 Å². The summed E-state index contributed by atoms with van der Waals surface area (Å²) in [6, 6.07) is 2.06. The van der Waals surface area contributed by atoms with Gasteiger partial charge in [-0.25, -0.2) is 15.0 Å². The SMILES string of the molecule is CC(C)(C)OC(=O)[C@H]1[C@@H]2Cc3cc(OCCS(C)(C)C)ncc3[C@@H]21. The Morgan fingerprint density at radius 3 is 2.67 bits per heavy atom. The zero-order valence-electron chi connectivity index (χ0n) is 15.6. The summed E-state index contributed by atoms with van der Waals surface area (Å²) in [6.45, 7) is 6.47. The Bertz CT molecular complexity index is 645. The van der Waals surface area contributed by atoms with E-state index in [1.54, 1.807) is 0 Å². The van der Waals surface area contributed by atoms with Gasteiger partial charge in [0.1, 0.15) is 5.60 Å². The number of hydrogen-bond donors (Lipinski definition) is 0. The smallest absolute Gasteiger partial charge is 0.310 e. The first-order valence-corrected chi connectivity index (χ1v) is 11.6. The molecule has 1 saturated carbocycles. The molecule has 1 fully saturated rings. The Kier molecular flexibility index (Phi) is 4.35. The van der Waals surface area contributed by atoms with Gasteiger partial charge in [0.25, 0.3) is 0 Å². The zero-order chi connectivity index (χ0) is 17.7. The standard InChI is InChI=1S/C19H29NO3S/c1-19(2,3)23-18(21)17-13-9-12-10-15(20-11-14(12)16(13)17)22-7-8-24(4,5)6/h10-11,13,16-17H,7-9H2,1-6H3/t13-,16-,17+/m1/s1. The van der Waals surface area contributed by atoms with Crippen LogP contribution in [-0.2, 0) is 16.0 Å². The van der Waals surface area contributed by atoms with Crippen LogP contribution < -0.4 is 4.74 Å². The summed E-state index contributed by atoms with van der Waals surface area (Å²) in [5, 5.41) is 0. The molecule has 0 N–H and O–H groups in total.